The number of morpholine rings is 1. The van der Waals surface area contributed by atoms with Crippen LogP contribution >= 0.6 is 11.3 Å². The molecule has 3 aromatic rings. The number of anilines is 3. The van der Waals surface area contributed by atoms with Crippen molar-refractivity contribution < 1.29 is 14.3 Å². The first-order valence-electron chi connectivity index (χ1n) is 10.8. The maximum Gasteiger partial charge on any atom is 0.268 e. The number of likely N-dealkylation sites (N-methyl/N-ethyl adjacent to an activating group) is 1. The number of carbonyl (C=O) groups is 1. The zero-order chi connectivity index (χ0) is 22.2. The number of benzene rings is 1. The summed E-state index contributed by atoms with van der Waals surface area (Å²) in [6.07, 6.45) is 0.886. The van der Waals surface area contributed by atoms with Gasteiger partial charge in [0.1, 0.15) is 21.3 Å². The highest BCUT2D eigenvalue weighted by molar-refractivity contribution is 7.21. The van der Waals surface area contributed by atoms with Crippen LogP contribution in [0.15, 0.2) is 24.3 Å². The van der Waals surface area contributed by atoms with Crippen molar-refractivity contribution in [2.75, 3.05) is 63.0 Å². The van der Waals surface area contributed by atoms with Crippen molar-refractivity contribution in [2.24, 2.45) is 0 Å². The third-order valence-corrected chi connectivity index (χ3v) is 7.21. The van der Waals surface area contributed by atoms with Gasteiger partial charge in [-0.15, -0.1) is 11.3 Å². The number of pyridine rings is 1. The first kappa shape index (κ1) is 21.0. The van der Waals surface area contributed by atoms with Gasteiger partial charge in [-0.25, -0.2) is 4.98 Å². The van der Waals surface area contributed by atoms with Gasteiger partial charge in [-0.3, -0.25) is 4.79 Å². The highest BCUT2D eigenvalue weighted by Crippen LogP contribution is 2.41. The van der Waals surface area contributed by atoms with Crippen molar-refractivity contribution >= 4 is 44.7 Å². The Morgan fingerprint density at radius 2 is 2.00 bits per heavy atom. The largest absolute Gasteiger partial charge is 0.495 e. The van der Waals surface area contributed by atoms with E-state index in [1.165, 1.54) is 22.5 Å². The Bertz CT molecular complexity index is 1170. The molecule has 2 aromatic heterocycles. The number of nitrogens with two attached hydrogens (primary N) is 1. The zero-order valence-corrected chi connectivity index (χ0v) is 19.1. The van der Waals surface area contributed by atoms with Crippen molar-refractivity contribution in [1.29, 1.82) is 0 Å². The molecule has 9 heteroatoms. The maximum atomic E-state index is 13.2. The maximum absolute atomic E-state index is 13.2. The predicted molar refractivity (Wildman–Crippen MR) is 128 cm³/mol. The number of nitrogens with one attached hydrogen (secondary N) is 1. The number of ether oxygens (including phenoxy) is 2. The summed E-state index contributed by atoms with van der Waals surface area (Å²) in [5.74, 6) is 1.36. The average Bonchev–Trinajstić information content (AvgIpc) is 3.16. The molecule has 5 rings (SSSR count). The monoisotopic (exact) mass is 453 g/mol. The third kappa shape index (κ3) is 3.66. The molecule has 1 saturated heterocycles. The lowest BCUT2D eigenvalue weighted by Gasteiger charge is -2.33. The van der Waals surface area contributed by atoms with Gasteiger partial charge < -0.3 is 30.3 Å². The summed E-state index contributed by atoms with van der Waals surface area (Å²) < 4.78 is 10.9. The molecule has 0 aliphatic carbocycles. The average molecular weight is 454 g/mol. The van der Waals surface area contributed by atoms with E-state index in [-0.39, 0.29) is 5.91 Å². The number of para-hydroxylation sites is 2. The molecule has 2 aliphatic rings. The van der Waals surface area contributed by atoms with Crippen LogP contribution in [-0.2, 0) is 17.7 Å². The lowest BCUT2D eigenvalue weighted by atomic mass is 9.96. The highest BCUT2D eigenvalue weighted by Gasteiger charge is 2.29. The second-order valence-corrected chi connectivity index (χ2v) is 9.16. The van der Waals surface area contributed by atoms with Crippen LogP contribution in [0.4, 0.5) is 17.2 Å². The van der Waals surface area contributed by atoms with Gasteiger partial charge >= 0.3 is 0 Å². The lowest BCUT2D eigenvalue weighted by molar-refractivity contribution is 0.103. The Balaban J connectivity index is 1.59. The molecule has 0 saturated carbocycles. The van der Waals surface area contributed by atoms with E-state index < -0.39 is 0 Å². The summed E-state index contributed by atoms with van der Waals surface area (Å²) in [5.41, 5.74) is 10.1. The summed E-state index contributed by atoms with van der Waals surface area (Å²) >= 11 is 1.36. The summed E-state index contributed by atoms with van der Waals surface area (Å²) in [7, 11) is 3.71. The Kier molecular flexibility index (Phi) is 5.62. The number of methoxy groups -OCH3 is 1. The van der Waals surface area contributed by atoms with Crippen LogP contribution in [0.1, 0.15) is 20.8 Å². The van der Waals surface area contributed by atoms with Crippen molar-refractivity contribution in [1.82, 2.24) is 9.88 Å². The summed E-state index contributed by atoms with van der Waals surface area (Å²) in [6.45, 7) is 4.80. The Morgan fingerprint density at radius 3 is 2.78 bits per heavy atom. The molecule has 4 heterocycles. The molecule has 0 bridgehead atoms. The van der Waals surface area contributed by atoms with E-state index in [4.69, 9.17) is 20.2 Å². The van der Waals surface area contributed by atoms with Crippen molar-refractivity contribution in [3.8, 4) is 5.75 Å². The number of thiophene rings is 1. The summed E-state index contributed by atoms with van der Waals surface area (Å²) in [4.78, 5) is 24.1. The standard InChI is InChI=1S/C23H27N5O3S/c1-27-8-7-14-15(13-27)21(28-9-11-31-12-10-28)26-23-18(14)19(24)20(32-23)22(29)25-16-5-3-4-6-17(16)30-2/h3-6H,7-13,24H2,1-2H3,(H,25,29). The van der Waals surface area contributed by atoms with E-state index in [1.807, 2.05) is 24.3 Å². The fourth-order valence-corrected chi connectivity index (χ4v) is 5.49. The van der Waals surface area contributed by atoms with Crippen LogP contribution in [0, 0.1) is 0 Å². The predicted octanol–water partition coefficient (Wildman–Crippen LogP) is 2.96. The summed E-state index contributed by atoms with van der Waals surface area (Å²) in [6, 6.07) is 7.35. The topological polar surface area (TPSA) is 92.9 Å². The summed E-state index contributed by atoms with van der Waals surface area (Å²) in [5, 5.41) is 3.88. The van der Waals surface area contributed by atoms with Crippen LogP contribution in [0.25, 0.3) is 10.2 Å². The molecule has 3 N–H and O–H groups in total. The van der Waals surface area contributed by atoms with Gasteiger partial charge in [0.2, 0.25) is 0 Å². The molecule has 1 fully saturated rings. The minimum absolute atomic E-state index is 0.246. The molecule has 1 aromatic carbocycles. The molecule has 0 radical (unpaired) electrons. The zero-order valence-electron chi connectivity index (χ0n) is 18.3. The Morgan fingerprint density at radius 1 is 1.22 bits per heavy atom. The van der Waals surface area contributed by atoms with E-state index in [2.05, 4.69) is 22.2 Å². The molecule has 8 nitrogen and oxygen atoms in total. The second kappa shape index (κ2) is 8.57. The molecule has 1 amide bonds. The van der Waals surface area contributed by atoms with E-state index in [0.717, 1.165) is 48.6 Å². The number of nitrogen functional groups attached to an aromatic ring is 1. The van der Waals surface area contributed by atoms with Gasteiger partial charge in [-0.05, 0) is 31.2 Å². The van der Waals surface area contributed by atoms with Crippen LogP contribution in [-0.4, -0.2) is 62.8 Å². The number of aromatic nitrogens is 1. The second-order valence-electron chi connectivity index (χ2n) is 8.16. The van der Waals surface area contributed by atoms with E-state index in [9.17, 15) is 4.79 Å². The number of fused-ring (bicyclic) bond motifs is 3. The van der Waals surface area contributed by atoms with Crippen LogP contribution in [0.2, 0.25) is 0 Å². The number of carbonyl (C=O) groups excluding carboxylic acids is 1. The van der Waals surface area contributed by atoms with Gasteiger partial charge in [0.25, 0.3) is 5.91 Å². The smallest absolute Gasteiger partial charge is 0.268 e. The minimum Gasteiger partial charge on any atom is -0.495 e. The number of amides is 1. The third-order valence-electron chi connectivity index (χ3n) is 6.11. The van der Waals surface area contributed by atoms with Crippen LogP contribution in [0.3, 0.4) is 0 Å². The first-order chi connectivity index (χ1) is 15.6. The normalized spacial score (nSPS) is 16.8. The van der Waals surface area contributed by atoms with E-state index >= 15 is 0 Å². The molecular weight excluding hydrogens is 426 g/mol. The Hall–Kier alpha value is -2.88. The van der Waals surface area contributed by atoms with E-state index in [1.54, 1.807) is 7.11 Å². The Labute approximate surface area is 190 Å². The van der Waals surface area contributed by atoms with Gasteiger partial charge in [0.05, 0.1) is 31.7 Å². The van der Waals surface area contributed by atoms with Crippen LogP contribution < -0.4 is 20.7 Å². The molecule has 0 unspecified atom stereocenters. The lowest BCUT2D eigenvalue weighted by Crippen LogP contribution is -2.39. The fraction of sp³-hybridized carbons (Fsp3) is 0.391. The van der Waals surface area contributed by atoms with Gasteiger partial charge in [-0.1, -0.05) is 12.1 Å². The quantitative estimate of drug-likeness (QED) is 0.627. The number of rotatable bonds is 4. The number of nitrogens with zero attached hydrogens (tertiary/aromatic N) is 3. The van der Waals surface area contributed by atoms with E-state index in [0.29, 0.717) is 35.2 Å². The molecule has 168 valence electrons. The van der Waals surface area contributed by atoms with Crippen molar-refractivity contribution in [3.63, 3.8) is 0 Å². The SMILES string of the molecule is COc1ccccc1NC(=O)c1sc2nc(N3CCOCC3)c3c(c2c1N)CCN(C)C3. The van der Waals surface area contributed by atoms with Crippen molar-refractivity contribution in [2.45, 2.75) is 13.0 Å². The number of hydrogen-bond acceptors (Lipinski definition) is 8. The molecular formula is C23H27N5O3S. The number of hydrogen-bond donors (Lipinski definition) is 2. The van der Waals surface area contributed by atoms with Crippen LogP contribution in [0.5, 0.6) is 5.75 Å². The molecule has 32 heavy (non-hydrogen) atoms. The van der Waals surface area contributed by atoms with Gasteiger partial charge in [-0.2, -0.15) is 0 Å². The fourth-order valence-electron chi connectivity index (χ4n) is 4.48. The molecule has 2 aliphatic heterocycles. The highest BCUT2D eigenvalue weighted by atomic mass is 32.1. The molecule has 0 spiro atoms. The minimum atomic E-state index is -0.246. The van der Waals surface area contributed by atoms with Gasteiger partial charge in [0.15, 0.2) is 0 Å². The van der Waals surface area contributed by atoms with Gasteiger partial charge in [0, 0.05) is 37.1 Å². The molecule has 0 atom stereocenters. The van der Waals surface area contributed by atoms with Crippen molar-refractivity contribution in [3.05, 3.63) is 40.3 Å². The first-order valence-corrected chi connectivity index (χ1v) is 11.6.